The summed E-state index contributed by atoms with van der Waals surface area (Å²) in [7, 11) is 0. The Morgan fingerprint density at radius 1 is 0.929 bits per heavy atom. The minimum absolute atomic E-state index is 0.168. The highest BCUT2D eigenvalue weighted by Crippen LogP contribution is 2.29. The number of halogens is 3. The highest BCUT2D eigenvalue weighted by Gasteiger charge is 2.30. The third kappa shape index (κ3) is 3.78. The van der Waals surface area contributed by atoms with Gasteiger partial charge in [0.1, 0.15) is 6.33 Å². The molecule has 0 aliphatic rings. The Morgan fingerprint density at radius 2 is 1.71 bits per heavy atom. The molecule has 0 aliphatic heterocycles. The fourth-order valence-corrected chi connectivity index (χ4v) is 2.83. The smallest absolute Gasteiger partial charge is 0.364 e. The Morgan fingerprint density at radius 3 is 2.50 bits per heavy atom. The topological polar surface area (TPSA) is 68.5 Å². The van der Waals surface area contributed by atoms with Gasteiger partial charge in [-0.15, -0.1) is 5.10 Å². The second-order valence-electron chi connectivity index (χ2n) is 6.18. The molecule has 0 amide bonds. The molecule has 28 heavy (non-hydrogen) atoms. The monoisotopic (exact) mass is 384 g/mol. The van der Waals surface area contributed by atoms with Crippen LogP contribution in [0.2, 0.25) is 0 Å². The lowest BCUT2D eigenvalue weighted by Gasteiger charge is -2.10. The number of aromatic nitrogens is 5. The number of nitrogens with one attached hydrogen (secondary N) is 1. The summed E-state index contributed by atoms with van der Waals surface area (Å²) in [5.74, 6) is 0.418. The average molecular weight is 384 g/mol. The fourth-order valence-electron chi connectivity index (χ4n) is 2.83. The Balaban J connectivity index is 1.55. The number of fused-ring (bicyclic) bond motifs is 1. The van der Waals surface area contributed by atoms with Crippen LogP contribution < -0.4 is 5.32 Å². The molecule has 0 aliphatic carbocycles. The zero-order valence-electron chi connectivity index (χ0n) is 14.6. The number of nitrogens with zero attached hydrogens (tertiary/aromatic N) is 5. The Hall–Kier alpha value is -3.49. The summed E-state index contributed by atoms with van der Waals surface area (Å²) < 4.78 is 40.2. The van der Waals surface area contributed by atoms with Crippen LogP contribution in [0, 0.1) is 0 Å². The lowest BCUT2D eigenvalue weighted by molar-refractivity contribution is -0.137. The SMILES string of the molecule is FC(F)(F)c1cccc(CNc2ncnc3c2nnn3Cc2ccccc2)c1. The summed E-state index contributed by atoms with van der Waals surface area (Å²) in [5.41, 5.74) is 1.86. The minimum Gasteiger partial charge on any atom is -0.364 e. The van der Waals surface area contributed by atoms with E-state index in [2.05, 4.69) is 25.6 Å². The van der Waals surface area contributed by atoms with Gasteiger partial charge in [0.15, 0.2) is 17.0 Å². The van der Waals surface area contributed by atoms with Gasteiger partial charge in [0.2, 0.25) is 0 Å². The first-order valence-corrected chi connectivity index (χ1v) is 8.49. The molecule has 2 aromatic carbocycles. The van der Waals surface area contributed by atoms with Crippen molar-refractivity contribution in [2.45, 2.75) is 19.3 Å². The lowest BCUT2D eigenvalue weighted by Crippen LogP contribution is -2.08. The van der Waals surface area contributed by atoms with Crippen LogP contribution >= 0.6 is 0 Å². The molecule has 0 unspecified atom stereocenters. The highest BCUT2D eigenvalue weighted by molar-refractivity contribution is 5.81. The molecule has 0 bridgehead atoms. The van der Waals surface area contributed by atoms with Crippen LogP contribution in [-0.4, -0.2) is 25.0 Å². The third-order valence-electron chi connectivity index (χ3n) is 4.19. The summed E-state index contributed by atoms with van der Waals surface area (Å²) in [6.45, 7) is 0.670. The molecule has 142 valence electrons. The maximum Gasteiger partial charge on any atom is 0.416 e. The van der Waals surface area contributed by atoms with Crippen molar-refractivity contribution in [2.24, 2.45) is 0 Å². The zero-order valence-corrected chi connectivity index (χ0v) is 14.6. The summed E-state index contributed by atoms with van der Waals surface area (Å²) in [6.07, 6.45) is -3.00. The predicted octanol–water partition coefficient (Wildman–Crippen LogP) is 3.90. The quantitative estimate of drug-likeness (QED) is 0.565. The van der Waals surface area contributed by atoms with Crippen LogP contribution in [0.4, 0.5) is 19.0 Å². The first kappa shape index (κ1) is 17.9. The van der Waals surface area contributed by atoms with E-state index in [9.17, 15) is 13.2 Å². The van der Waals surface area contributed by atoms with E-state index in [1.807, 2.05) is 30.3 Å². The molecule has 0 atom stereocenters. The van der Waals surface area contributed by atoms with Gasteiger partial charge in [-0.1, -0.05) is 47.7 Å². The second kappa shape index (κ2) is 7.26. The minimum atomic E-state index is -4.38. The van der Waals surface area contributed by atoms with Gasteiger partial charge in [0.25, 0.3) is 0 Å². The summed E-state index contributed by atoms with van der Waals surface area (Å²) >= 11 is 0. The third-order valence-corrected chi connectivity index (χ3v) is 4.19. The lowest BCUT2D eigenvalue weighted by atomic mass is 10.1. The standard InChI is InChI=1S/C19H15F3N6/c20-19(21,22)15-8-4-7-14(9-15)10-23-17-16-18(25-12-24-17)28(27-26-16)11-13-5-2-1-3-6-13/h1-9,12H,10-11H2,(H,23,24,25). The van der Waals surface area contributed by atoms with Crippen molar-refractivity contribution in [3.8, 4) is 0 Å². The predicted molar refractivity (Wildman–Crippen MR) is 97.4 cm³/mol. The summed E-state index contributed by atoms with van der Waals surface area (Å²) in [4.78, 5) is 8.39. The van der Waals surface area contributed by atoms with Gasteiger partial charge in [-0.2, -0.15) is 13.2 Å². The first-order chi connectivity index (χ1) is 13.5. The van der Waals surface area contributed by atoms with E-state index in [-0.39, 0.29) is 6.54 Å². The molecule has 0 saturated heterocycles. The molecule has 2 heterocycles. The number of hydrogen-bond donors (Lipinski definition) is 1. The normalized spacial score (nSPS) is 11.7. The van der Waals surface area contributed by atoms with Gasteiger partial charge in [-0.05, 0) is 23.3 Å². The molecular weight excluding hydrogens is 369 g/mol. The molecule has 6 nitrogen and oxygen atoms in total. The van der Waals surface area contributed by atoms with E-state index in [4.69, 9.17) is 0 Å². The van der Waals surface area contributed by atoms with E-state index in [1.165, 1.54) is 12.4 Å². The number of anilines is 1. The van der Waals surface area contributed by atoms with Gasteiger partial charge < -0.3 is 5.32 Å². The van der Waals surface area contributed by atoms with Crippen LogP contribution in [-0.2, 0) is 19.3 Å². The molecule has 4 rings (SSSR count). The number of rotatable bonds is 5. The molecule has 0 saturated carbocycles. The van der Waals surface area contributed by atoms with Crippen molar-refractivity contribution < 1.29 is 13.2 Å². The van der Waals surface area contributed by atoms with E-state index in [0.717, 1.165) is 17.7 Å². The van der Waals surface area contributed by atoms with Gasteiger partial charge in [-0.25, -0.2) is 14.6 Å². The second-order valence-corrected chi connectivity index (χ2v) is 6.18. The van der Waals surface area contributed by atoms with Gasteiger partial charge >= 0.3 is 6.18 Å². The molecule has 2 aromatic heterocycles. The molecular formula is C19H15F3N6. The fraction of sp³-hybridized carbons (Fsp3) is 0.158. The Labute approximate surface area is 158 Å². The average Bonchev–Trinajstić information content (AvgIpc) is 3.10. The number of hydrogen-bond acceptors (Lipinski definition) is 5. The molecule has 4 aromatic rings. The molecule has 0 radical (unpaired) electrons. The van der Waals surface area contributed by atoms with Crippen molar-refractivity contribution in [3.05, 3.63) is 77.6 Å². The van der Waals surface area contributed by atoms with Crippen LogP contribution in [0.5, 0.6) is 0 Å². The van der Waals surface area contributed by atoms with Crippen molar-refractivity contribution in [1.29, 1.82) is 0 Å². The van der Waals surface area contributed by atoms with Crippen LogP contribution in [0.3, 0.4) is 0 Å². The van der Waals surface area contributed by atoms with Gasteiger partial charge in [-0.3, -0.25) is 0 Å². The first-order valence-electron chi connectivity index (χ1n) is 8.49. The Bertz CT molecular complexity index is 1090. The van der Waals surface area contributed by atoms with E-state index in [0.29, 0.717) is 29.1 Å². The maximum atomic E-state index is 12.9. The van der Waals surface area contributed by atoms with Crippen molar-refractivity contribution in [3.63, 3.8) is 0 Å². The van der Waals surface area contributed by atoms with Crippen molar-refractivity contribution >= 4 is 17.0 Å². The summed E-state index contributed by atoms with van der Waals surface area (Å²) in [5, 5.41) is 11.3. The molecule has 0 fully saturated rings. The van der Waals surface area contributed by atoms with Crippen LogP contribution in [0.25, 0.3) is 11.2 Å². The van der Waals surface area contributed by atoms with Crippen molar-refractivity contribution in [2.75, 3.05) is 5.32 Å². The Kier molecular flexibility index (Phi) is 4.64. The highest BCUT2D eigenvalue weighted by atomic mass is 19.4. The van der Waals surface area contributed by atoms with Crippen LogP contribution in [0.1, 0.15) is 16.7 Å². The van der Waals surface area contributed by atoms with Gasteiger partial charge in [0.05, 0.1) is 12.1 Å². The summed E-state index contributed by atoms with van der Waals surface area (Å²) in [6, 6.07) is 14.9. The van der Waals surface area contributed by atoms with Gasteiger partial charge in [0, 0.05) is 6.54 Å². The molecule has 1 N–H and O–H groups in total. The zero-order chi connectivity index (χ0) is 19.6. The molecule has 0 spiro atoms. The molecule has 9 heteroatoms. The number of alkyl halides is 3. The van der Waals surface area contributed by atoms with E-state index in [1.54, 1.807) is 10.7 Å². The largest absolute Gasteiger partial charge is 0.416 e. The van der Waals surface area contributed by atoms with Crippen LogP contribution in [0.15, 0.2) is 60.9 Å². The maximum absolute atomic E-state index is 12.9. The van der Waals surface area contributed by atoms with E-state index >= 15 is 0 Å². The van der Waals surface area contributed by atoms with Crippen molar-refractivity contribution in [1.82, 2.24) is 25.0 Å². The van der Waals surface area contributed by atoms with E-state index < -0.39 is 11.7 Å². The number of benzene rings is 2.